The maximum Gasteiger partial charge on any atom is 0.300 e. The minimum atomic E-state index is -1.29. The van der Waals surface area contributed by atoms with Gasteiger partial charge in [-0.3, -0.25) is 14.5 Å². The van der Waals surface area contributed by atoms with Crippen LogP contribution in [0, 0.1) is 5.82 Å². The average molecular weight is 490 g/mol. The van der Waals surface area contributed by atoms with E-state index < -0.39 is 29.3 Å². The molecular weight excluding hydrogens is 461 g/mol. The molecule has 1 saturated heterocycles. The minimum absolute atomic E-state index is 0.0171. The van der Waals surface area contributed by atoms with Crippen LogP contribution in [0.4, 0.5) is 10.1 Å². The van der Waals surface area contributed by atoms with Crippen LogP contribution in [-0.4, -0.2) is 28.5 Å². The van der Waals surface area contributed by atoms with Crippen molar-refractivity contribution in [2.45, 2.75) is 39.2 Å². The van der Waals surface area contributed by atoms with Crippen molar-refractivity contribution in [1.29, 1.82) is 0 Å². The number of carbonyl (C=O) groups is 2. The molecule has 3 aromatic rings. The maximum atomic E-state index is 15.1. The number of rotatable bonds is 5. The van der Waals surface area contributed by atoms with Gasteiger partial charge in [-0.25, -0.2) is 4.39 Å². The first-order chi connectivity index (χ1) is 17.1. The Kier molecular flexibility index (Phi) is 6.59. The van der Waals surface area contributed by atoms with Gasteiger partial charge in [0.2, 0.25) is 0 Å². The molecule has 2 N–H and O–H groups in total. The van der Waals surface area contributed by atoms with Crippen LogP contribution in [0.1, 0.15) is 50.4 Å². The molecule has 1 unspecified atom stereocenters. The molecular formula is C29H28FNO5. The fraction of sp³-hybridized carbons (Fsp3) is 0.241. The lowest BCUT2D eigenvalue weighted by Gasteiger charge is -2.26. The van der Waals surface area contributed by atoms with Gasteiger partial charge in [0.25, 0.3) is 11.7 Å². The molecule has 6 nitrogen and oxygen atoms in total. The molecule has 0 aliphatic carbocycles. The second-order valence-corrected chi connectivity index (χ2v) is 9.57. The summed E-state index contributed by atoms with van der Waals surface area (Å²) < 4.78 is 20.8. The summed E-state index contributed by atoms with van der Waals surface area (Å²) in [5, 5.41) is 21.9. The second-order valence-electron chi connectivity index (χ2n) is 9.57. The predicted molar refractivity (Wildman–Crippen MR) is 136 cm³/mol. The molecule has 1 fully saturated rings. The number of ketones is 1. The smallest absolute Gasteiger partial charge is 0.300 e. The fourth-order valence-electron chi connectivity index (χ4n) is 4.44. The van der Waals surface area contributed by atoms with Crippen molar-refractivity contribution in [1.82, 2.24) is 0 Å². The van der Waals surface area contributed by atoms with Crippen LogP contribution in [0.25, 0.3) is 5.76 Å². The number of benzene rings is 3. The number of hydrogen-bond acceptors (Lipinski definition) is 5. The highest BCUT2D eigenvalue weighted by Gasteiger charge is 2.48. The SMILES string of the molecule is CCOc1ccc(/C(O)=C2\C(=O)C(=O)N(c3ccccc3O)C2c2ccccc2F)cc1C(C)(C)C. The number of amides is 1. The van der Waals surface area contributed by atoms with E-state index >= 15 is 4.39 Å². The Hall–Kier alpha value is -4.13. The van der Waals surface area contributed by atoms with Crippen LogP contribution in [0.15, 0.2) is 72.3 Å². The minimum Gasteiger partial charge on any atom is -0.507 e. The molecule has 3 aromatic carbocycles. The molecule has 7 heteroatoms. The molecule has 0 aromatic heterocycles. The Labute approximate surface area is 209 Å². The van der Waals surface area contributed by atoms with Crippen molar-refractivity contribution >= 4 is 23.1 Å². The average Bonchev–Trinajstić information content (AvgIpc) is 3.09. The number of anilines is 1. The summed E-state index contributed by atoms with van der Waals surface area (Å²) in [6.07, 6.45) is 0. The summed E-state index contributed by atoms with van der Waals surface area (Å²) in [5.74, 6) is -2.66. The molecule has 4 rings (SSSR count). The molecule has 0 spiro atoms. The first-order valence-electron chi connectivity index (χ1n) is 11.7. The fourth-order valence-corrected chi connectivity index (χ4v) is 4.44. The molecule has 0 saturated carbocycles. The number of aliphatic hydroxyl groups is 1. The third-order valence-electron chi connectivity index (χ3n) is 6.15. The van der Waals surface area contributed by atoms with Gasteiger partial charge in [-0.15, -0.1) is 0 Å². The number of ether oxygens (including phenoxy) is 1. The summed E-state index contributed by atoms with van der Waals surface area (Å²) in [5.41, 5.74) is 0.522. The summed E-state index contributed by atoms with van der Waals surface area (Å²) in [6, 6.07) is 15.5. The van der Waals surface area contributed by atoms with Crippen molar-refractivity contribution in [3.05, 3.63) is 94.8 Å². The van der Waals surface area contributed by atoms with E-state index in [4.69, 9.17) is 4.74 Å². The van der Waals surface area contributed by atoms with Gasteiger partial charge in [-0.05, 0) is 48.7 Å². The Morgan fingerprint density at radius 3 is 2.33 bits per heavy atom. The number of para-hydroxylation sites is 2. The second kappa shape index (κ2) is 9.49. The van der Waals surface area contributed by atoms with Crippen LogP contribution in [0.2, 0.25) is 0 Å². The Bertz CT molecular complexity index is 1370. The quantitative estimate of drug-likeness (QED) is 0.267. The molecule has 1 aliphatic heterocycles. The Morgan fingerprint density at radius 1 is 1.03 bits per heavy atom. The normalized spacial score (nSPS) is 17.5. The lowest BCUT2D eigenvalue weighted by atomic mass is 9.84. The number of phenolic OH excluding ortho intramolecular Hbond substituents is 1. The van der Waals surface area contributed by atoms with E-state index in [2.05, 4.69) is 0 Å². The van der Waals surface area contributed by atoms with Gasteiger partial charge < -0.3 is 14.9 Å². The largest absolute Gasteiger partial charge is 0.507 e. The summed E-state index contributed by atoms with van der Waals surface area (Å²) in [4.78, 5) is 27.6. The van der Waals surface area contributed by atoms with E-state index in [9.17, 15) is 19.8 Å². The third kappa shape index (κ3) is 4.33. The molecule has 36 heavy (non-hydrogen) atoms. The lowest BCUT2D eigenvalue weighted by Crippen LogP contribution is -2.29. The van der Waals surface area contributed by atoms with Crippen LogP contribution < -0.4 is 9.64 Å². The molecule has 0 radical (unpaired) electrons. The Balaban J connectivity index is 1.98. The summed E-state index contributed by atoms with van der Waals surface area (Å²) >= 11 is 0. The standard InChI is InChI=1S/C29H28FNO5/c1-5-36-23-15-14-17(16-19(23)29(2,3)4)26(33)24-25(18-10-6-7-11-20(18)30)31(28(35)27(24)34)21-12-8-9-13-22(21)32/h6-16,25,32-33H,5H2,1-4H3/b26-24+. The molecule has 1 aliphatic rings. The number of aliphatic hydroxyl groups excluding tert-OH is 1. The zero-order valence-corrected chi connectivity index (χ0v) is 20.6. The van der Waals surface area contributed by atoms with Gasteiger partial charge >= 0.3 is 0 Å². The highest BCUT2D eigenvalue weighted by Crippen LogP contribution is 2.45. The van der Waals surface area contributed by atoms with E-state index in [-0.39, 0.29) is 28.0 Å². The molecule has 1 heterocycles. The van der Waals surface area contributed by atoms with Gasteiger partial charge in [0.15, 0.2) is 0 Å². The van der Waals surface area contributed by atoms with Gasteiger partial charge in [0.1, 0.15) is 23.1 Å². The highest BCUT2D eigenvalue weighted by atomic mass is 19.1. The third-order valence-corrected chi connectivity index (χ3v) is 6.15. The van der Waals surface area contributed by atoms with Gasteiger partial charge in [-0.2, -0.15) is 0 Å². The molecule has 1 atom stereocenters. The van der Waals surface area contributed by atoms with Crippen molar-refractivity contribution in [2.24, 2.45) is 0 Å². The summed E-state index contributed by atoms with van der Waals surface area (Å²) in [7, 11) is 0. The number of Topliss-reactive ketones (excluding diaryl/α,β-unsaturated/α-hetero) is 1. The van der Waals surface area contributed by atoms with E-state index in [0.717, 1.165) is 10.5 Å². The van der Waals surface area contributed by atoms with Crippen molar-refractivity contribution < 1.29 is 28.9 Å². The van der Waals surface area contributed by atoms with Crippen LogP contribution in [-0.2, 0) is 15.0 Å². The van der Waals surface area contributed by atoms with Gasteiger partial charge in [0.05, 0.1) is 23.9 Å². The van der Waals surface area contributed by atoms with Crippen LogP contribution in [0.5, 0.6) is 11.5 Å². The first-order valence-corrected chi connectivity index (χ1v) is 11.7. The first kappa shape index (κ1) is 25.0. The van der Waals surface area contributed by atoms with Crippen molar-refractivity contribution in [3.63, 3.8) is 0 Å². The number of halogens is 1. The monoisotopic (exact) mass is 489 g/mol. The van der Waals surface area contributed by atoms with E-state index in [1.165, 1.54) is 30.3 Å². The van der Waals surface area contributed by atoms with E-state index in [1.54, 1.807) is 36.4 Å². The number of hydrogen-bond donors (Lipinski definition) is 2. The van der Waals surface area contributed by atoms with Gasteiger partial charge in [0, 0.05) is 16.7 Å². The zero-order valence-electron chi connectivity index (χ0n) is 20.6. The van der Waals surface area contributed by atoms with Crippen molar-refractivity contribution in [3.8, 4) is 11.5 Å². The summed E-state index contributed by atoms with van der Waals surface area (Å²) in [6.45, 7) is 8.30. The highest BCUT2D eigenvalue weighted by molar-refractivity contribution is 6.51. The molecule has 0 bridgehead atoms. The number of aromatic hydroxyl groups is 1. The maximum absolute atomic E-state index is 15.1. The van der Waals surface area contributed by atoms with Crippen LogP contribution >= 0.6 is 0 Å². The van der Waals surface area contributed by atoms with E-state index in [1.807, 2.05) is 27.7 Å². The van der Waals surface area contributed by atoms with E-state index in [0.29, 0.717) is 17.9 Å². The van der Waals surface area contributed by atoms with Gasteiger partial charge in [-0.1, -0.05) is 51.1 Å². The lowest BCUT2D eigenvalue weighted by molar-refractivity contribution is -0.132. The predicted octanol–water partition coefficient (Wildman–Crippen LogP) is 5.85. The number of carbonyl (C=O) groups excluding carboxylic acids is 2. The number of nitrogens with zero attached hydrogens (tertiary/aromatic N) is 1. The molecule has 186 valence electrons. The van der Waals surface area contributed by atoms with Crippen LogP contribution in [0.3, 0.4) is 0 Å². The van der Waals surface area contributed by atoms with Crippen molar-refractivity contribution in [2.75, 3.05) is 11.5 Å². The number of phenols is 1. The molecule has 1 amide bonds. The topological polar surface area (TPSA) is 87.1 Å². The zero-order chi connectivity index (χ0) is 26.2. The Morgan fingerprint density at radius 2 is 1.69 bits per heavy atom.